The molecule has 0 aliphatic carbocycles. The van der Waals surface area contributed by atoms with E-state index in [1.54, 1.807) is 0 Å². The lowest BCUT2D eigenvalue weighted by Crippen LogP contribution is -2.27. The zero-order chi connectivity index (χ0) is 14.4. The minimum Gasteiger partial charge on any atom is -0.325 e. The number of anilines is 1. The topological polar surface area (TPSA) is 41.1 Å². The van der Waals surface area contributed by atoms with Crippen LogP contribution in [0.15, 0.2) is 48.5 Å². The number of hydrogen-bond donors (Lipinski definition) is 2. The Morgan fingerprint density at radius 2 is 1.80 bits per heavy atom. The lowest BCUT2D eigenvalue weighted by molar-refractivity contribution is -0.115. The van der Waals surface area contributed by atoms with Gasteiger partial charge in [-0.3, -0.25) is 4.79 Å². The maximum Gasteiger partial charge on any atom is 0.238 e. The van der Waals surface area contributed by atoms with E-state index < -0.39 is 0 Å². The first kappa shape index (κ1) is 15.3. The molecule has 0 atom stereocenters. The largest absolute Gasteiger partial charge is 0.325 e. The number of carbonyl (C=O) groups is 1. The molecule has 20 heavy (non-hydrogen) atoms. The van der Waals surface area contributed by atoms with Crippen LogP contribution in [0.3, 0.4) is 0 Å². The Morgan fingerprint density at radius 1 is 1.10 bits per heavy atom. The van der Waals surface area contributed by atoms with Crippen LogP contribution in [0.25, 0.3) is 0 Å². The van der Waals surface area contributed by atoms with E-state index in [-0.39, 0.29) is 12.5 Å². The number of hydrogen-bond acceptors (Lipinski definition) is 2. The first-order valence-electron chi connectivity index (χ1n) is 6.15. The Morgan fingerprint density at radius 3 is 2.50 bits per heavy atom. The average Bonchev–Trinajstić information content (AvgIpc) is 2.43. The third-order valence-electron chi connectivity index (χ3n) is 2.69. The lowest BCUT2D eigenvalue weighted by atomic mass is 10.2. The molecule has 5 heteroatoms. The minimum atomic E-state index is -0.0711. The van der Waals surface area contributed by atoms with Gasteiger partial charge in [0.15, 0.2) is 0 Å². The number of benzene rings is 2. The van der Waals surface area contributed by atoms with Crippen molar-refractivity contribution in [2.24, 2.45) is 0 Å². The fourth-order valence-electron chi connectivity index (χ4n) is 1.69. The second-order valence-corrected chi connectivity index (χ2v) is 5.90. The minimum absolute atomic E-state index is 0.0711. The van der Waals surface area contributed by atoms with Crippen LogP contribution in [0.4, 0.5) is 5.69 Å². The summed E-state index contributed by atoms with van der Waals surface area (Å²) in [5.41, 5.74) is 1.78. The van der Waals surface area contributed by atoms with Crippen molar-refractivity contribution < 1.29 is 4.79 Å². The Balaban J connectivity index is 1.78. The van der Waals surface area contributed by atoms with E-state index >= 15 is 0 Å². The molecule has 104 valence electrons. The van der Waals surface area contributed by atoms with E-state index in [2.05, 4.69) is 33.2 Å². The molecular formula is C15H14ClIN2O. The van der Waals surface area contributed by atoms with Crippen LogP contribution < -0.4 is 10.6 Å². The van der Waals surface area contributed by atoms with Crippen molar-refractivity contribution in [2.75, 3.05) is 11.9 Å². The van der Waals surface area contributed by atoms with Gasteiger partial charge in [0, 0.05) is 20.8 Å². The van der Waals surface area contributed by atoms with E-state index in [1.165, 1.54) is 0 Å². The molecule has 0 saturated heterocycles. The average molecular weight is 401 g/mol. The molecule has 2 rings (SSSR count). The third kappa shape index (κ3) is 4.77. The van der Waals surface area contributed by atoms with Gasteiger partial charge >= 0.3 is 0 Å². The lowest BCUT2D eigenvalue weighted by Gasteiger charge is -2.08. The molecule has 0 aromatic heterocycles. The monoisotopic (exact) mass is 400 g/mol. The van der Waals surface area contributed by atoms with Crippen LogP contribution in [0.2, 0.25) is 5.02 Å². The smallest absolute Gasteiger partial charge is 0.238 e. The molecule has 1 amide bonds. The molecule has 0 radical (unpaired) electrons. The predicted molar refractivity (Wildman–Crippen MR) is 90.9 cm³/mol. The van der Waals surface area contributed by atoms with Crippen LogP contribution in [-0.2, 0) is 11.3 Å². The predicted octanol–water partition coefficient (Wildman–Crippen LogP) is 3.67. The molecule has 2 aromatic carbocycles. The summed E-state index contributed by atoms with van der Waals surface area (Å²) in [7, 11) is 0. The Labute approximate surface area is 136 Å². The normalized spacial score (nSPS) is 10.3. The van der Waals surface area contributed by atoms with Crippen LogP contribution in [0, 0.1) is 3.57 Å². The van der Waals surface area contributed by atoms with Crippen molar-refractivity contribution in [3.8, 4) is 0 Å². The van der Waals surface area contributed by atoms with Crippen molar-refractivity contribution in [1.29, 1.82) is 0 Å². The van der Waals surface area contributed by atoms with Crippen LogP contribution in [-0.4, -0.2) is 12.5 Å². The summed E-state index contributed by atoms with van der Waals surface area (Å²) >= 11 is 8.27. The number of amides is 1. The molecule has 0 aliphatic rings. The van der Waals surface area contributed by atoms with Crippen molar-refractivity contribution in [3.63, 3.8) is 0 Å². The highest BCUT2D eigenvalue weighted by Gasteiger charge is 2.03. The first-order chi connectivity index (χ1) is 9.65. The summed E-state index contributed by atoms with van der Waals surface area (Å²) in [5.74, 6) is -0.0711. The quantitative estimate of drug-likeness (QED) is 0.752. The Kier molecular flexibility index (Phi) is 5.82. The molecule has 2 aromatic rings. The highest BCUT2D eigenvalue weighted by Crippen LogP contribution is 2.14. The molecule has 0 fully saturated rings. The SMILES string of the molecule is O=C(CNCc1ccccc1Cl)Nc1ccc(I)cc1. The van der Waals surface area contributed by atoms with Gasteiger partial charge in [0.05, 0.1) is 6.54 Å². The number of nitrogens with one attached hydrogen (secondary N) is 2. The number of halogens is 2. The summed E-state index contributed by atoms with van der Waals surface area (Å²) in [4.78, 5) is 11.8. The molecule has 0 unspecified atom stereocenters. The van der Waals surface area contributed by atoms with Gasteiger partial charge in [0.1, 0.15) is 0 Å². The first-order valence-corrected chi connectivity index (χ1v) is 7.60. The fraction of sp³-hybridized carbons (Fsp3) is 0.133. The van der Waals surface area contributed by atoms with Gasteiger partial charge in [-0.25, -0.2) is 0 Å². The summed E-state index contributed by atoms with van der Waals surface area (Å²) in [6, 6.07) is 15.3. The van der Waals surface area contributed by atoms with E-state index in [4.69, 9.17) is 11.6 Å². The molecule has 2 N–H and O–H groups in total. The maximum atomic E-state index is 11.8. The van der Waals surface area contributed by atoms with Crippen LogP contribution in [0.1, 0.15) is 5.56 Å². The van der Waals surface area contributed by atoms with Gasteiger partial charge in [-0.05, 0) is 58.5 Å². The van der Waals surface area contributed by atoms with Gasteiger partial charge < -0.3 is 10.6 Å². The highest BCUT2D eigenvalue weighted by molar-refractivity contribution is 14.1. The highest BCUT2D eigenvalue weighted by atomic mass is 127. The van der Waals surface area contributed by atoms with Crippen molar-refractivity contribution in [3.05, 3.63) is 62.7 Å². The van der Waals surface area contributed by atoms with Crippen LogP contribution >= 0.6 is 34.2 Å². The molecule has 0 spiro atoms. The van der Waals surface area contributed by atoms with E-state index in [0.717, 1.165) is 14.8 Å². The fourth-order valence-corrected chi connectivity index (χ4v) is 2.25. The molecule has 3 nitrogen and oxygen atoms in total. The van der Waals surface area contributed by atoms with Crippen LogP contribution in [0.5, 0.6) is 0 Å². The summed E-state index contributed by atoms with van der Waals surface area (Å²) in [6.45, 7) is 0.816. The van der Waals surface area contributed by atoms with Crippen molar-refractivity contribution in [2.45, 2.75) is 6.54 Å². The standard InChI is InChI=1S/C15H14ClIN2O/c16-14-4-2-1-3-11(14)9-18-10-15(20)19-13-7-5-12(17)6-8-13/h1-8,18H,9-10H2,(H,19,20). The summed E-state index contributed by atoms with van der Waals surface area (Å²) in [5, 5.41) is 6.61. The number of rotatable bonds is 5. The molecular weight excluding hydrogens is 387 g/mol. The number of carbonyl (C=O) groups excluding carboxylic acids is 1. The van der Waals surface area contributed by atoms with Gasteiger partial charge in [-0.15, -0.1) is 0 Å². The van der Waals surface area contributed by atoms with Gasteiger partial charge in [-0.1, -0.05) is 29.8 Å². The second kappa shape index (κ2) is 7.61. The Hall–Kier alpha value is -1.11. The molecule has 0 bridgehead atoms. The third-order valence-corrected chi connectivity index (χ3v) is 3.77. The van der Waals surface area contributed by atoms with E-state index in [1.807, 2.05) is 48.5 Å². The molecule has 0 saturated carbocycles. The van der Waals surface area contributed by atoms with Gasteiger partial charge in [-0.2, -0.15) is 0 Å². The summed E-state index contributed by atoms with van der Waals surface area (Å²) < 4.78 is 1.14. The van der Waals surface area contributed by atoms with Crippen molar-refractivity contribution >= 4 is 45.8 Å². The van der Waals surface area contributed by atoms with Crippen molar-refractivity contribution in [1.82, 2.24) is 5.32 Å². The zero-order valence-corrected chi connectivity index (χ0v) is 13.6. The maximum absolute atomic E-state index is 11.8. The zero-order valence-electron chi connectivity index (χ0n) is 10.7. The Bertz CT molecular complexity index is 587. The summed E-state index contributed by atoms with van der Waals surface area (Å²) in [6.07, 6.45) is 0. The van der Waals surface area contributed by atoms with E-state index in [0.29, 0.717) is 11.6 Å². The van der Waals surface area contributed by atoms with Gasteiger partial charge in [0.2, 0.25) is 5.91 Å². The van der Waals surface area contributed by atoms with Gasteiger partial charge in [0.25, 0.3) is 0 Å². The molecule has 0 heterocycles. The van der Waals surface area contributed by atoms with E-state index in [9.17, 15) is 4.79 Å². The second-order valence-electron chi connectivity index (χ2n) is 4.25. The molecule has 0 aliphatic heterocycles.